The van der Waals surface area contributed by atoms with Crippen LogP contribution in [-0.2, 0) is 6.42 Å². The van der Waals surface area contributed by atoms with Gasteiger partial charge in [0.25, 0.3) is 5.91 Å². The minimum Gasteiger partial charge on any atom is -0.463 e. The summed E-state index contributed by atoms with van der Waals surface area (Å²) in [6.07, 6.45) is 7.77. The number of nitrogens with zero attached hydrogens (tertiary/aromatic N) is 3. The van der Waals surface area contributed by atoms with Crippen LogP contribution in [0.25, 0.3) is 11.5 Å². The minimum atomic E-state index is -0.356. The largest absolute Gasteiger partial charge is 0.463 e. The Hall–Kier alpha value is -3.61. The van der Waals surface area contributed by atoms with E-state index >= 15 is 0 Å². The van der Waals surface area contributed by atoms with Gasteiger partial charge in [0.1, 0.15) is 12.0 Å². The Morgan fingerprint density at radius 3 is 2.89 bits per heavy atom. The highest BCUT2D eigenvalue weighted by molar-refractivity contribution is 6.04. The molecule has 0 saturated carbocycles. The van der Waals surface area contributed by atoms with Crippen LogP contribution < -0.4 is 5.32 Å². The van der Waals surface area contributed by atoms with E-state index in [2.05, 4.69) is 39.8 Å². The van der Waals surface area contributed by atoms with Crippen LogP contribution in [0.5, 0.6) is 0 Å². The average molecular weight is 374 g/mol. The number of anilines is 1. The number of hydrogen-bond donors (Lipinski definition) is 1. The Morgan fingerprint density at radius 2 is 2.07 bits per heavy atom. The van der Waals surface area contributed by atoms with Crippen molar-refractivity contribution in [1.82, 2.24) is 14.9 Å². The Morgan fingerprint density at radius 1 is 1.14 bits per heavy atom. The van der Waals surface area contributed by atoms with Crippen LogP contribution in [0.1, 0.15) is 40.5 Å². The molecule has 7 nitrogen and oxygen atoms in total. The van der Waals surface area contributed by atoms with Crippen molar-refractivity contribution in [3.63, 3.8) is 0 Å². The highest BCUT2D eigenvalue weighted by atomic mass is 16.5. The summed E-state index contributed by atoms with van der Waals surface area (Å²) in [4.78, 5) is 12.5. The molecule has 1 amide bonds. The maximum atomic E-state index is 12.5. The van der Waals surface area contributed by atoms with Crippen LogP contribution in [0.15, 0.2) is 70.1 Å². The van der Waals surface area contributed by atoms with Gasteiger partial charge in [0.05, 0.1) is 24.2 Å². The van der Waals surface area contributed by atoms with Crippen molar-refractivity contribution in [3.8, 4) is 11.5 Å². The number of furan rings is 1. The van der Waals surface area contributed by atoms with Gasteiger partial charge in [-0.3, -0.25) is 9.48 Å². The smallest absolute Gasteiger partial charge is 0.277 e. The summed E-state index contributed by atoms with van der Waals surface area (Å²) in [5.41, 5.74) is 4.13. The third-order valence-corrected chi connectivity index (χ3v) is 5.10. The predicted molar refractivity (Wildman–Crippen MR) is 102 cm³/mol. The molecule has 3 aromatic heterocycles. The normalized spacial score (nSPS) is 15.9. The molecule has 1 aromatic carbocycles. The second-order valence-corrected chi connectivity index (χ2v) is 6.77. The van der Waals surface area contributed by atoms with E-state index in [0.717, 1.165) is 25.0 Å². The van der Waals surface area contributed by atoms with Gasteiger partial charge < -0.3 is 14.3 Å². The molecule has 1 atom stereocenters. The highest BCUT2D eigenvalue weighted by Gasteiger charge is 2.27. The number of rotatable bonds is 4. The number of aromatic nitrogens is 3. The van der Waals surface area contributed by atoms with Crippen molar-refractivity contribution in [2.45, 2.75) is 25.3 Å². The first-order valence-electron chi connectivity index (χ1n) is 9.22. The van der Waals surface area contributed by atoms with E-state index < -0.39 is 0 Å². The number of amides is 1. The highest BCUT2D eigenvalue weighted by Crippen LogP contribution is 2.38. The predicted octanol–water partition coefficient (Wildman–Crippen LogP) is 4.31. The maximum Gasteiger partial charge on any atom is 0.277 e. The first-order valence-corrected chi connectivity index (χ1v) is 9.22. The summed E-state index contributed by atoms with van der Waals surface area (Å²) in [7, 11) is 0. The number of nitrogens with one attached hydrogen (secondary N) is 1. The van der Waals surface area contributed by atoms with Crippen molar-refractivity contribution >= 4 is 11.6 Å². The standard InChI is InChI=1S/C21H18N4O3/c26-21(16-10-12-28-24-16)23-17-13-22-25(20(17)19-9-4-11-27-19)18-8-3-6-14-5-1-2-7-15(14)18/h1-2,4-5,7,9-13,18H,3,6,8H2,(H,23,26). The van der Waals surface area contributed by atoms with Crippen LogP contribution in [0.3, 0.4) is 0 Å². The number of aryl methyl sites for hydroxylation is 1. The fourth-order valence-electron chi connectivity index (χ4n) is 3.85. The number of benzene rings is 1. The van der Waals surface area contributed by atoms with E-state index in [4.69, 9.17) is 8.94 Å². The molecule has 5 rings (SSSR count). The van der Waals surface area contributed by atoms with Gasteiger partial charge in [-0.2, -0.15) is 5.10 Å². The minimum absolute atomic E-state index is 0.0859. The summed E-state index contributed by atoms with van der Waals surface area (Å²) in [6, 6.07) is 13.7. The van der Waals surface area contributed by atoms with E-state index in [0.29, 0.717) is 11.4 Å². The topological polar surface area (TPSA) is 86.1 Å². The lowest BCUT2D eigenvalue weighted by Gasteiger charge is -2.27. The molecular formula is C21H18N4O3. The van der Waals surface area contributed by atoms with Gasteiger partial charge in [-0.05, 0) is 42.5 Å². The van der Waals surface area contributed by atoms with Gasteiger partial charge in [0.2, 0.25) is 0 Å². The Labute approximate surface area is 160 Å². The number of fused-ring (bicyclic) bond motifs is 1. The number of carbonyl (C=O) groups excluding carboxylic acids is 1. The zero-order valence-electron chi connectivity index (χ0n) is 15.0. The molecule has 0 fully saturated rings. The fourth-order valence-corrected chi connectivity index (χ4v) is 3.85. The molecule has 28 heavy (non-hydrogen) atoms. The van der Waals surface area contributed by atoms with Gasteiger partial charge in [0, 0.05) is 6.07 Å². The van der Waals surface area contributed by atoms with Crippen molar-refractivity contribution < 1.29 is 13.7 Å². The molecule has 0 spiro atoms. The van der Waals surface area contributed by atoms with Crippen LogP contribution in [-0.4, -0.2) is 20.8 Å². The third-order valence-electron chi connectivity index (χ3n) is 5.10. The molecular weight excluding hydrogens is 356 g/mol. The Bertz CT molecular complexity index is 1100. The molecule has 1 aliphatic rings. The number of hydrogen-bond acceptors (Lipinski definition) is 5. The van der Waals surface area contributed by atoms with Gasteiger partial charge in [-0.25, -0.2) is 0 Å². The summed E-state index contributed by atoms with van der Waals surface area (Å²) < 4.78 is 12.4. The van der Waals surface area contributed by atoms with Crippen LogP contribution >= 0.6 is 0 Å². The lowest BCUT2D eigenvalue weighted by atomic mass is 9.87. The first kappa shape index (κ1) is 16.6. The third kappa shape index (κ3) is 2.81. The second kappa shape index (κ2) is 6.84. The SMILES string of the molecule is O=C(Nc1cnn(C2CCCc3ccccc32)c1-c1ccco1)c1ccon1. The molecule has 4 aromatic rings. The molecule has 0 radical (unpaired) electrons. The van der Waals surface area contributed by atoms with E-state index in [1.54, 1.807) is 12.5 Å². The first-order chi connectivity index (χ1) is 13.8. The monoisotopic (exact) mass is 374 g/mol. The molecule has 0 bridgehead atoms. The Kier molecular flexibility index (Phi) is 4.05. The molecule has 0 saturated heterocycles. The zero-order valence-corrected chi connectivity index (χ0v) is 15.0. The summed E-state index contributed by atoms with van der Waals surface area (Å²) in [6.45, 7) is 0. The molecule has 7 heteroatoms. The van der Waals surface area contributed by atoms with Crippen LogP contribution in [0, 0.1) is 0 Å². The quantitative estimate of drug-likeness (QED) is 0.575. The van der Waals surface area contributed by atoms with Crippen LogP contribution in [0.2, 0.25) is 0 Å². The summed E-state index contributed by atoms with van der Waals surface area (Å²) in [5.74, 6) is 0.293. The fraction of sp³-hybridized carbons (Fsp3) is 0.190. The summed E-state index contributed by atoms with van der Waals surface area (Å²) >= 11 is 0. The average Bonchev–Trinajstić information content (AvgIpc) is 3.48. The van der Waals surface area contributed by atoms with E-state index in [1.807, 2.05) is 16.8 Å². The number of carbonyl (C=O) groups is 1. The molecule has 3 heterocycles. The van der Waals surface area contributed by atoms with Gasteiger partial charge in [0.15, 0.2) is 11.5 Å². The Balaban J connectivity index is 1.58. The van der Waals surface area contributed by atoms with Gasteiger partial charge in [-0.1, -0.05) is 29.4 Å². The maximum absolute atomic E-state index is 12.5. The molecule has 1 unspecified atom stereocenters. The van der Waals surface area contributed by atoms with Crippen LogP contribution in [0.4, 0.5) is 5.69 Å². The van der Waals surface area contributed by atoms with Crippen molar-refractivity contribution in [2.24, 2.45) is 0 Å². The molecule has 1 aliphatic carbocycles. The van der Waals surface area contributed by atoms with E-state index in [9.17, 15) is 4.79 Å². The van der Waals surface area contributed by atoms with Crippen molar-refractivity contribution in [3.05, 3.63) is 78.0 Å². The molecule has 140 valence electrons. The van der Waals surface area contributed by atoms with Crippen molar-refractivity contribution in [1.29, 1.82) is 0 Å². The van der Waals surface area contributed by atoms with E-state index in [-0.39, 0.29) is 17.6 Å². The lowest BCUT2D eigenvalue weighted by molar-refractivity contribution is 0.101. The van der Waals surface area contributed by atoms with E-state index in [1.165, 1.54) is 23.5 Å². The van der Waals surface area contributed by atoms with Gasteiger partial charge in [-0.15, -0.1) is 0 Å². The molecule has 1 N–H and O–H groups in total. The summed E-state index contributed by atoms with van der Waals surface area (Å²) in [5, 5.41) is 11.2. The van der Waals surface area contributed by atoms with Crippen molar-refractivity contribution in [2.75, 3.05) is 5.32 Å². The lowest BCUT2D eigenvalue weighted by Crippen LogP contribution is -2.19. The second-order valence-electron chi connectivity index (χ2n) is 6.77. The molecule has 0 aliphatic heterocycles. The zero-order chi connectivity index (χ0) is 18.9. The van der Waals surface area contributed by atoms with Gasteiger partial charge >= 0.3 is 0 Å².